The Labute approximate surface area is 152 Å². The van der Waals surface area contributed by atoms with Crippen molar-refractivity contribution in [1.82, 2.24) is 14.7 Å². The monoisotopic (exact) mass is 343 g/mol. The van der Waals surface area contributed by atoms with Gasteiger partial charge in [-0.3, -0.25) is 9.80 Å². The lowest BCUT2D eigenvalue weighted by Gasteiger charge is -2.33. The summed E-state index contributed by atoms with van der Waals surface area (Å²) in [5, 5.41) is 0. The summed E-state index contributed by atoms with van der Waals surface area (Å²) in [6.07, 6.45) is 1.44. The molecule has 0 spiro atoms. The minimum Gasteiger partial charge on any atom is -0.492 e. The zero-order chi connectivity index (χ0) is 17.3. The van der Waals surface area contributed by atoms with Crippen LogP contribution >= 0.6 is 0 Å². The average Bonchev–Trinajstić information content (AvgIpc) is 3.14. The Bertz CT molecular complexity index is 584. The van der Waals surface area contributed by atoms with Crippen LogP contribution in [0.1, 0.15) is 25.8 Å². The Morgan fingerprint density at radius 3 is 2.56 bits per heavy atom. The van der Waals surface area contributed by atoms with Crippen molar-refractivity contribution in [2.75, 3.05) is 59.0 Å². The van der Waals surface area contributed by atoms with Gasteiger partial charge in [0.15, 0.2) is 0 Å². The van der Waals surface area contributed by atoms with E-state index in [1.807, 2.05) is 0 Å². The number of hydrogen-bond donors (Lipinski definition) is 0. The summed E-state index contributed by atoms with van der Waals surface area (Å²) in [4.78, 5) is 7.66. The van der Waals surface area contributed by atoms with Gasteiger partial charge in [0, 0.05) is 57.9 Å². The summed E-state index contributed by atoms with van der Waals surface area (Å²) in [7, 11) is 0. The van der Waals surface area contributed by atoms with Gasteiger partial charge in [-0.15, -0.1) is 0 Å². The van der Waals surface area contributed by atoms with E-state index >= 15 is 0 Å². The Hall–Kier alpha value is -1.10. The summed E-state index contributed by atoms with van der Waals surface area (Å²) in [5.41, 5.74) is 1.97. The quantitative estimate of drug-likeness (QED) is 0.757. The van der Waals surface area contributed by atoms with Gasteiger partial charge in [0.05, 0.1) is 0 Å². The zero-order valence-corrected chi connectivity index (χ0v) is 15.9. The van der Waals surface area contributed by atoms with Gasteiger partial charge in [0.1, 0.15) is 12.4 Å². The maximum absolute atomic E-state index is 6.18. The van der Waals surface area contributed by atoms with Crippen LogP contribution < -0.4 is 4.74 Å². The predicted molar refractivity (Wildman–Crippen MR) is 102 cm³/mol. The number of benzene rings is 1. The van der Waals surface area contributed by atoms with E-state index in [1.54, 1.807) is 0 Å². The number of piperidine rings is 1. The van der Waals surface area contributed by atoms with E-state index in [4.69, 9.17) is 4.74 Å². The van der Waals surface area contributed by atoms with Gasteiger partial charge in [-0.2, -0.15) is 0 Å². The van der Waals surface area contributed by atoms with Crippen LogP contribution in [0.5, 0.6) is 5.75 Å². The van der Waals surface area contributed by atoms with Crippen LogP contribution in [0.15, 0.2) is 24.3 Å². The summed E-state index contributed by atoms with van der Waals surface area (Å²) in [6.45, 7) is 16.0. The fraction of sp³-hybridized carbons (Fsp3) is 0.714. The van der Waals surface area contributed by atoms with Crippen molar-refractivity contribution in [3.8, 4) is 5.75 Å². The number of likely N-dealkylation sites (N-methyl/N-ethyl adjacent to an activating group) is 1. The molecule has 2 atom stereocenters. The molecule has 1 saturated carbocycles. The third kappa shape index (κ3) is 4.02. The Kier molecular flexibility index (Phi) is 5.03. The second-order valence-corrected chi connectivity index (χ2v) is 8.46. The Balaban J connectivity index is 1.25. The molecule has 4 heteroatoms. The highest BCUT2D eigenvalue weighted by atomic mass is 16.5. The second-order valence-electron chi connectivity index (χ2n) is 8.46. The molecule has 2 heterocycles. The normalized spacial score (nSPS) is 30.4. The molecule has 1 aromatic carbocycles. The fourth-order valence-corrected chi connectivity index (χ4v) is 4.62. The molecule has 138 valence electrons. The average molecular weight is 344 g/mol. The van der Waals surface area contributed by atoms with Crippen LogP contribution in [0.3, 0.4) is 0 Å². The number of hydrogen-bond acceptors (Lipinski definition) is 4. The van der Waals surface area contributed by atoms with Gasteiger partial charge >= 0.3 is 0 Å². The van der Waals surface area contributed by atoms with Crippen LogP contribution in [-0.2, 0) is 6.54 Å². The van der Waals surface area contributed by atoms with Crippen molar-refractivity contribution in [2.45, 2.75) is 26.8 Å². The molecule has 4 rings (SSSR count). The molecule has 3 fully saturated rings. The first-order valence-electron chi connectivity index (χ1n) is 10.0. The summed E-state index contributed by atoms with van der Waals surface area (Å²) in [6, 6.07) is 8.62. The van der Waals surface area contributed by atoms with Crippen LogP contribution in [-0.4, -0.2) is 73.7 Å². The molecule has 0 radical (unpaired) electrons. The lowest BCUT2D eigenvalue weighted by atomic mass is 10.1. The van der Waals surface area contributed by atoms with Crippen molar-refractivity contribution in [3.63, 3.8) is 0 Å². The van der Waals surface area contributed by atoms with E-state index in [1.165, 1.54) is 57.8 Å². The van der Waals surface area contributed by atoms with E-state index in [9.17, 15) is 0 Å². The lowest BCUT2D eigenvalue weighted by molar-refractivity contribution is 0.120. The number of ether oxygens (including phenoxy) is 1. The minimum atomic E-state index is 0.621. The molecule has 1 aromatic rings. The first-order chi connectivity index (χ1) is 12.2. The van der Waals surface area contributed by atoms with Crippen LogP contribution in [0.4, 0.5) is 0 Å². The largest absolute Gasteiger partial charge is 0.492 e. The van der Waals surface area contributed by atoms with Crippen LogP contribution in [0.2, 0.25) is 0 Å². The standard InChI is InChI=1S/C21H33N3O/c1-3-22-8-10-23(11-9-22)12-13-25-20-7-5-4-6-18(20)15-24-16-19-14-21(19,2)17-24/h4-7,19H,3,8-17H2,1-2H3. The van der Waals surface area contributed by atoms with E-state index < -0.39 is 0 Å². The van der Waals surface area contributed by atoms with Gasteiger partial charge < -0.3 is 9.64 Å². The predicted octanol–water partition coefficient (Wildman–Crippen LogP) is 2.54. The fourth-order valence-electron chi connectivity index (χ4n) is 4.62. The van der Waals surface area contributed by atoms with Crippen molar-refractivity contribution in [1.29, 1.82) is 0 Å². The summed E-state index contributed by atoms with van der Waals surface area (Å²) in [5.74, 6) is 2.03. The number of piperazine rings is 1. The van der Waals surface area contributed by atoms with E-state index in [0.717, 1.165) is 31.4 Å². The number of likely N-dealkylation sites (tertiary alicyclic amines) is 1. The van der Waals surface area contributed by atoms with Crippen molar-refractivity contribution in [3.05, 3.63) is 29.8 Å². The summed E-state index contributed by atoms with van der Waals surface area (Å²) < 4.78 is 6.18. The van der Waals surface area contributed by atoms with Crippen molar-refractivity contribution >= 4 is 0 Å². The van der Waals surface area contributed by atoms with Gasteiger partial charge in [-0.25, -0.2) is 0 Å². The number of fused-ring (bicyclic) bond motifs is 1. The minimum absolute atomic E-state index is 0.621. The van der Waals surface area contributed by atoms with Gasteiger partial charge in [-0.1, -0.05) is 32.0 Å². The molecule has 3 aliphatic rings. The number of rotatable bonds is 7. The highest BCUT2D eigenvalue weighted by Gasteiger charge is 2.55. The van der Waals surface area contributed by atoms with Gasteiger partial charge in [0.25, 0.3) is 0 Å². The molecule has 25 heavy (non-hydrogen) atoms. The molecule has 4 nitrogen and oxygen atoms in total. The SMILES string of the molecule is CCN1CCN(CCOc2ccccc2CN2CC3CC3(C)C2)CC1. The maximum Gasteiger partial charge on any atom is 0.123 e. The summed E-state index contributed by atoms with van der Waals surface area (Å²) >= 11 is 0. The van der Waals surface area contributed by atoms with Crippen molar-refractivity contribution < 1.29 is 4.74 Å². The van der Waals surface area contributed by atoms with Crippen LogP contribution in [0, 0.1) is 11.3 Å². The van der Waals surface area contributed by atoms with Crippen molar-refractivity contribution in [2.24, 2.45) is 11.3 Å². The molecule has 1 aliphatic carbocycles. The molecule has 2 unspecified atom stereocenters. The smallest absolute Gasteiger partial charge is 0.123 e. The number of para-hydroxylation sites is 1. The molecule has 0 amide bonds. The maximum atomic E-state index is 6.18. The van der Waals surface area contributed by atoms with E-state index in [0.29, 0.717) is 5.41 Å². The van der Waals surface area contributed by atoms with Crippen LogP contribution in [0.25, 0.3) is 0 Å². The van der Waals surface area contributed by atoms with Gasteiger partial charge in [0.2, 0.25) is 0 Å². The molecule has 2 aliphatic heterocycles. The molecule has 2 saturated heterocycles. The van der Waals surface area contributed by atoms with E-state index in [2.05, 4.69) is 52.8 Å². The molecule has 0 N–H and O–H groups in total. The number of nitrogens with zero attached hydrogens (tertiary/aromatic N) is 3. The molecule has 0 bridgehead atoms. The zero-order valence-electron chi connectivity index (χ0n) is 15.9. The Morgan fingerprint density at radius 1 is 1.08 bits per heavy atom. The third-order valence-corrected chi connectivity index (χ3v) is 6.55. The first kappa shape index (κ1) is 17.3. The third-order valence-electron chi connectivity index (χ3n) is 6.55. The topological polar surface area (TPSA) is 19.0 Å². The lowest BCUT2D eigenvalue weighted by Crippen LogP contribution is -2.47. The Morgan fingerprint density at radius 2 is 1.84 bits per heavy atom. The molecular weight excluding hydrogens is 310 g/mol. The molecule has 0 aromatic heterocycles. The first-order valence-corrected chi connectivity index (χ1v) is 10.0. The highest BCUT2D eigenvalue weighted by molar-refractivity contribution is 5.33. The second kappa shape index (κ2) is 7.26. The van der Waals surface area contributed by atoms with Gasteiger partial charge in [-0.05, 0) is 30.4 Å². The van der Waals surface area contributed by atoms with E-state index in [-0.39, 0.29) is 0 Å². The molecular formula is C21H33N3O. The highest BCUT2D eigenvalue weighted by Crippen LogP contribution is 2.57.